The molecule has 28 heavy (non-hydrogen) atoms. The summed E-state index contributed by atoms with van der Waals surface area (Å²) in [6.07, 6.45) is 1.75. The first-order chi connectivity index (χ1) is 13.2. The highest BCUT2D eigenvalue weighted by atomic mass is 19.1. The molecule has 1 aliphatic rings. The van der Waals surface area contributed by atoms with E-state index in [4.69, 9.17) is 0 Å². The van der Waals surface area contributed by atoms with Crippen LogP contribution < -0.4 is 10.6 Å². The van der Waals surface area contributed by atoms with Crippen molar-refractivity contribution >= 4 is 10.9 Å². The van der Waals surface area contributed by atoms with Crippen LogP contribution in [0.2, 0.25) is 0 Å². The first kappa shape index (κ1) is 18.5. The van der Waals surface area contributed by atoms with Crippen molar-refractivity contribution < 1.29 is 13.9 Å². The molecular formula is C21H23F2N3O2. The lowest BCUT2D eigenvalue weighted by Crippen LogP contribution is -2.47. The van der Waals surface area contributed by atoms with Gasteiger partial charge in [0.2, 0.25) is 0 Å². The van der Waals surface area contributed by atoms with Gasteiger partial charge >= 0.3 is 0 Å². The van der Waals surface area contributed by atoms with Crippen molar-refractivity contribution in [2.75, 3.05) is 18.1 Å². The number of aromatic hydroxyl groups is 1. The number of phenolic OH excluding ortho intramolecular Hbond substituents is 1. The second-order valence-electron chi connectivity index (χ2n) is 8.18. The Morgan fingerprint density at radius 3 is 2.25 bits per heavy atom. The Morgan fingerprint density at radius 1 is 1.04 bits per heavy atom. The minimum Gasteiger partial charge on any atom is -0.503 e. The largest absolute Gasteiger partial charge is 0.503 e. The monoisotopic (exact) mass is 387 g/mol. The average molecular weight is 387 g/mol. The normalized spacial score (nSPS) is 16.7. The fraction of sp³-hybridized carbons (Fsp3) is 0.381. The van der Waals surface area contributed by atoms with Crippen LogP contribution in [0.5, 0.6) is 5.75 Å². The molecule has 4 rings (SSSR count). The standard InChI is InChI=1S/C21H23F2N3O2/c1-21(2)9-11-25(12-10-21)26-18-15(20(28)24(26)3)14(13-7-5-4-6-8-13)16(22)19(27)17(18)23/h4-8,27H,9-12H2,1-3H3. The van der Waals surface area contributed by atoms with E-state index in [1.807, 2.05) is 5.01 Å². The highest BCUT2D eigenvalue weighted by Crippen LogP contribution is 2.38. The van der Waals surface area contributed by atoms with Crippen LogP contribution in [0.1, 0.15) is 26.7 Å². The van der Waals surface area contributed by atoms with Crippen LogP contribution in [0, 0.1) is 17.0 Å². The molecule has 1 N–H and O–H groups in total. The molecule has 0 radical (unpaired) electrons. The van der Waals surface area contributed by atoms with Gasteiger partial charge < -0.3 is 5.11 Å². The second-order valence-corrected chi connectivity index (χ2v) is 8.18. The van der Waals surface area contributed by atoms with Gasteiger partial charge in [-0.3, -0.25) is 9.80 Å². The molecule has 2 heterocycles. The predicted octanol–water partition coefficient (Wildman–Crippen LogP) is 3.75. The molecule has 0 unspecified atom stereocenters. The van der Waals surface area contributed by atoms with Gasteiger partial charge in [0.05, 0.1) is 5.39 Å². The number of piperidine rings is 1. The first-order valence-corrected chi connectivity index (χ1v) is 9.35. The number of rotatable bonds is 2. The molecule has 1 aromatic heterocycles. The topological polar surface area (TPSA) is 50.4 Å². The van der Waals surface area contributed by atoms with E-state index in [1.54, 1.807) is 30.3 Å². The van der Waals surface area contributed by atoms with Crippen LogP contribution in [0.15, 0.2) is 35.1 Å². The number of hydrogen-bond acceptors (Lipinski definition) is 3. The quantitative estimate of drug-likeness (QED) is 0.729. The van der Waals surface area contributed by atoms with Crippen LogP contribution in [0.4, 0.5) is 8.78 Å². The Morgan fingerprint density at radius 2 is 1.64 bits per heavy atom. The Hall–Kier alpha value is -2.83. The average Bonchev–Trinajstić information content (AvgIpc) is 2.93. The third-order valence-electron chi connectivity index (χ3n) is 5.75. The fourth-order valence-corrected chi connectivity index (χ4v) is 3.96. The van der Waals surface area contributed by atoms with Gasteiger partial charge in [-0.25, -0.2) is 13.5 Å². The smallest absolute Gasteiger partial charge is 0.276 e. The van der Waals surface area contributed by atoms with E-state index in [9.17, 15) is 14.3 Å². The summed E-state index contributed by atoms with van der Waals surface area (Å²) in [7, 11) is 1.53. The summed E-state index contributed by atoms with van der Waals surface area (Å²) in [4.78, 5) is 14.5. The van der Waals surface area contributed by atoms with Crippen LogP contribution in [0.3, 0.4) is 0 Å². The number of phenols is 1. The van der Waals surface area contributed by atoms with Gasteiger partial charge in [0, 0.05) is 25.7 Å². The van der Waals surface area contributed by atoms with Crippen molar-refractivity contribution in [2.45, 2.75) is 26.7 Å². The molecule has 148 valence electrons. The van der Waals surface area contributed by atoms with Crippen LogP contribution >= 0.6 is 0 Å². The second kappa shape index (κ2) is 6.36. The molecule has 0 saturated carbocycles. The van der Waals surface area contributed by atoms with Crippen molar-refractivity contribution in [2.24, 2.45) is 12.5 Å². The zero-order chi connectivity index (χ0) is 20.2. The van der Waals surface area contributed by atoms with Crippen LogP contribution in [0.25, 0.3) is 22.0 Å². The molecular weight excluding hydrogens is 364 g/mol. The summed E-state index contributed by atoms with van der Waals surface area (Å²) >= 11 is 0. The summed E-state index contributed by atoms with van der Waals surface area (Å²) in [6, 6.07) is 8.44. The molecule has 2 aromatic carbocycles. The number of fused-ring (bicyclic) bond motifs is 1. The summed E-state index contributed by atoms with van der Waals surface area (Å²) in [5.74, 6) is -3.30. The molecule has 5 nitrogen and oxygen atoms in total. The zero-order valence-electron chi connectivity index (χ0n) is 16.2. The van der Waals surface area contributed by atoms with Crippen molar-refractivity contribution in [1.29, 1.82) is 0 Å². The summed E-state index contributed by atoms with van der Waals surface area (Å²) in [5.41, 5.74) is -0.0945. The van der Waals surface area contributed by atoms with Gasteiger partial charge in [-0.1, -0.05) is 44.2 Å². The highest BCUT2D eigenvalue weighted by molar-refractivity contribution is 5.97. The summed E-state index contributed by atoms with van der Waals surface area (Å²) in [6.45, 7) is 5.60. The third-order valence-corrected chi connectivity index (χ3v) is 5.75. The van der Waals surface area contributed by atoms with E-state index in [1.165, 1.54) is 16.5 Å². The lowest BCUT2D eigenvalue weighted by atomic mass is 9.83. The Labute approximate surface area is 161 Å². The molecule has 1 aliphatic heterocycles. The number of benzene rings is 2. The maximum Gasteiger partial charge on any atom is 0.276 e. The zero-order valence-corrected chi connectivity index (χ0v) is 16.2. The maximum absolute atomic E-state index is 15.0. The van der Waals surface area contributed by atoms with Crippen molar-refractivity contribution in [3.05, 3.63) is 52.3 Å². The molecule has 0 aliphatic carbocycles. The van der Waals surface area contributed by atoms with Gasteiger partial charge in [0.1, 0.15) is 5.52 Å². The predicted molar refractivity (Wildman–Crippen MR) is 105 cm³/mol. The molecule has 0 atom stereocenters. The van der Waals surface area contributed by atoms with Gasteiger partial charge in [-0.15, -0.1) is 0 Å². The third kappa shape index (κ3) is 2.68. The van der Waals surface area contributed by atoms with Gasteiger partial charge in [0.15, 0.2) is 17.4 Å². The van der Waals surface area contributed by atoms with E-state index >= 15 is 4.39 Å². The van der Waals surface area contributed by atoms with Crippen molar-refractivity contribution in [1.82, 2.24) is 9.47 Å². The van der Waals surface area contributed by atoms with E-state index in [0.717, 1.165) is 12.8 Å². The fourth-order valence-electron chi connectivity index (χ4n) is 3.96. The number of nitrogens with zero attached hydrogens (tertiary/aromatic N) is 3. The first-order valence-electron chi connectivity index (χ1n) is 9.35. The van der Waals surface area contributed by atoms with Crippen molar-refractivity contribution in [3.63, 3.8) is 0 Å². The molecule has 0 spiro atoms. The summed E-state index contributed by atoms with van der Waals surface area (Å²) in [5, 5.41) is 12.0. The minimum absolute atomic E-state index is 0.0636. The Kier molecular flexibility index (Phi) is 4.21. The summed E-state index contributed by atoms with van der Waals surface area (Å²) < 4.78 is 31.2. The van der Waals surface area contributed by atoms with E-state index < -0.39 is 22.9 Å². The van der Waals surface area contributed by atoms with Crippen molar-refractivity contribution in [3.8, 4) is 16.9 Å². The number of hydrogen-bond donors (Lipinski definition) is 1. The molecule has 7 heteroatoms. The van der Waals surface area contributed by atoms with Crippen LogP contribution in [-0.2, 0) is 7.05 Å². The Balaban J connectivity index is 2.03. The lowest BCUT2D eigenvalue weighted by molar-refractivity contribution is 0.245. The molecule has 1 fully saturated rings. The maximum atomic E-state index is 15.0. The number of aromatic nitrogens is 2. The molecule has 3 aromatic rings. The van der Waals surface area contributed by atoms with Gasteiger partial charge in [0.25, 0.3) is 5.56 Å². The SMILES string of the molecule is Cn1c(=O)c2c(-c3ccccc3)c(F)c(O)c(F)c2n1N1CCC(C)(C)CC1. The Bertz CT molecular complexity index is 1110. The van der Waals surface area contributed by atoms with Gasteiger partial charge in [-0.05, 0) is 23.8 Å². The highest BCUT2D eigenvalue weighted by Gasteiger charge is 2.32. The number of halogens is 2. The van der Waals surface area contributed by atoms with Gasteiger partial charge in [-0.2, -0.15) is 4.79 Å². The van der Waals surface area contributed by atoms with Crippen LogP contribution in [-0.4, -0.2) is 27.7 Å². The van der Waals surface area contributed by atoms with E-state index in [-0.39, 0.29) is 21.9 Å². The van der Waals surface area contributed by atoms with E-state index in [0.29, 0.717) is 18.7 Å². The molecule has 0 amide bonds. The minimum atomic E-state index is -1.12. The molecule has 0 bridgehead atoms. The lowest BCUT2D eigenvalue weighted by Gasteiger charge is -2.39. The molecule has 1 saturated heterocycles. The van der Waals surface area contributed by atoms with E-state index in [2.05, 4.69) is 13.8 Å².